The molecule has 0 aromatic heterocycles. The third-order valence-corrected chi connectivity index (χ3v) is 7.71. The van der Waals surface area contributed by atoms with Crippen LogP contribution in [0, 0.1) is 0 Å². The molecule has 0 N–H and O–H groups in total. The molecule has 3 nitrogen and oxygen atoms in total. The molecule has 1 saturated carbocycles. The van der Waals surface area contributed by atoms with Crippen LogP contribution in [0.4, 0.5) is 13.2 Å². The Hall–Kier alpha value is -1.20. The van der Waals surface area contributed by atoms with Crippen molar-refractivity contribution in [3.05, 3.63) is 30.3 Å². The summed E-state index contributed by atoms with van der Waals surface area (Å²) < 4.78 is 55.7. The van der Waals surface area contributed by atoms with Gasteiger partial charge in [0.1, 0.15) is 0 Å². The zero-order valence-electron chi connectivity index (χ0n) is 12.6. The summed E-state index contributed by atoms with van der Waals surface area (Å²) in [5.41, 5.74) is 0. The van der Waals surface area contributed by atoms with Crippen LogP contribution >= 0.6 is 0 Å². The summed E-state index contributed by atoms with van der Waals surface area (Å²) in [6.45, 7) is 0. The summed E-state index contributed by atoms with van der Waals surface area (Å²) in [6.07, 6.45) is -1.75. The van der Waals surface area contributed by atoms with Gasteiger partial charge in [-0.05, 0) is 0 Å². The number of carbonyl (C=O) groups is 1. The fourth-order valence-corrected chi connectivity index (χ4v) is 6.14. The molecule has 2 rings (SSSR count). The van der Waals surface area contributed by atoms with Gasteiger partial charge in [-0.25, -0.2) is 0 Å². The Morgan fingerprint density at radius 2 is 1.65 bits per heavy atom. The summed E-state index contributed by atoms with van der Waals surface area (Å²) in [4.78, 5) is 10.7. The van der Waals surface area contributed by atoms with E-state index in [1.807, 2.05) is 0 Å². The summed E-state index contributed by atoms with van der Waals surface area (Å²) >= 11 is -2.60. The van der Waals surface area contributed by atoms with Gasteiger partial charge in [0.05, 0.1) is 0 Å². The van der Waals surface area contributed by atoms with Crippen LogP contribution in [0.25, 0.3) is 0 Å². The number of carbonyl (C=O) groups excluding carboxylic acids is 1. The molecular formula is C16H19F3O3Se. The van der Waals surface area contributed by atoms with Crippen molar-refractivity contribution >= 4 is 24.3 Å². The van der Waals surface area contributed by atoms with Gasteiger partial charge in [-0.1, -0.05) is 0 Å². The van der Waals surface area contributed by atoms with E-state index in [-0.39, 0.29) is 0 Å². The van der Waals surface area contributed by atoms with Crippen LogP contribution in [0.2, 0.25) is 4.82 Å². The van der Waals surface area contributed by atoms with E-state index in [4.69, 9.17) is 4.74 Å². The Kier molecular flexibility index (Phi) is 6.36. The number of ether oxygens (including phenoxy) is 1. The minimum absolute atomic E-state index is 0.335. The van der Waals surface area contributed by atoms with Crippen LogP contribution in [0.3, 0.4) is 0 Å². The monoisotopic (exact) mass is 396 g/mol. The van der Waals surface area contributed by atoms with E-state index in [2.05, 4.69) is 0 Å². The fraction of sp³-hybridized carbons (Fsp3) is 0.562. The Bertz CT molecular complexity index is 545. The van der Waals surface area contributed by atoms with Crippen molar-refractivity contribution in [2.24, 2.45) is 0 Å². The summed E-state index contributed by atoms with van der Waals surface area (Å²) in [5, 5.41) is 0. The van der Waals surface area contributed by atoms with E-state index >= 15 is 0 Å². The Labute approximate surface area is 137 Å². The van der Waals surface area contributed by atoms with Crippen LogP contribution in [0.1, 0.15) is 38.5 Å². The van der Waals surface area contributed by atoms with Gasteiger partial charge >= 0.3 is 137 Å². The number of hydrogen-bond donors (Lipinski definition) is 0. The number of esters is 1. The molecule has 0 bridgehead atoms. The van der Waals surface area contributed by atoms with Gasteiger partial charge in [0.15, 0.2) is 0 Å². The topological polar surface area (TPSA) is 43.4 Å². The molecule has 3 atom stereocenters. The molecule has 1 aliphatic carbocycles. The third kappa shape index (κ3) is 5.14. The number of halogens is 3. The van der Waals surface area contributed by atoms with Gasteiger partial charge in [0.25, 0.3) is 0 Å². The average molecular weight is 395 g/mol. The van der Waals surface area contributed by atoms with Crippen molar-refractivity contribution < 1.29 is 26.5 Å². The molecule has 0 spiro atoms. The van der Waals surface area contributed by atoms with E-state index in [0.29, 0.717) is 23.7 Å². The predicted octanol–water partition coefficient (Wildman–Crippen LogP) is 3.51. The Morgan fingerprint density at radius 3 is 2.26 bits per heavy atom. The molecule has 1 aliphatic rings. The van der Waals surface area contributed by atoms with Crippen LogP contribution in [-0.2, 0) is 13.4 Å². The molecule has 128 valence electrons. The SMILES string of the molecule is O=C(OC1CCCCCCC1[Se](=O)c1ccccc1)C(F)(F)F. The maximum absolute atomic E-state index is 12.8. The van der Waals surface area contributed by atoms with E-state index in [1.54, 1.807) is 30.3 Å². The molecule has 23 heavy (non-hydrogen) atoms. The van der Waals surface area contributed by atoms with Gasteiger partial charge in [0, 0.05) is 0 Å². The summed E-state index contributed by atoms with van der Waals surface area (Å²) in [7, 11) is 0. The molecule has 3 unspecified atom stereocenters. The van der Waals surface area contributed by atoms with Crippen molar-refractivity contribution in [1.29, 1.82) is 0 Å². The zero-order chi connectivity index (χ0) is 16.9. The zero-order valence-corrected chi connectivity index (χ0v) is 14.3. The molecular weight excluding hydrogens is 376 g/mol. The van der Waals surface area contributed by atoms with E-state index < -0.39 is 36.9 Å². The van der Waals surface area contributed by atoms with Crippen LogP contribution in [0.15, 0.2) is 30.3 Å². The quantitative estimate of drug-likeness (QED) is 0.581. The number of alkyl halides is 3. The second kappa shape index (κ2) is 8.06. The van der Waals surface area contributed by atoms with Crippen molar-refractivity contribution in [2.45, 2.75) is 55.6 Å². The van der Waals surface area contributed by atoms with Crippen LogP contribution < -0.4 is 4.46 Å². The minimum atomic E-state index is -5.02. The molecule has 1 fully saturated rings. The van der Waals surface area contributed by atoms with Gasteiger partial charge in [-0.15, -0.1) is 0 Å². The van der Waals surface area contributed by atoms with E-state index in [9.17, 15) is 21.8 Å². The van der Waals surface area contributed by atoms with E-state index in [1.165, 1.54) is 0 Å². The fourth-order valence-electron chi connectivity index (χ4n) is 2.73. The van der Waals surface area contributed by atoms with Crippen LogP contribution in [-0.4, -0.2) is 32.1 Å². The molecule has 1 aromatic rings. The normalized spacial score (nSPS) is 24.3. The van der Waals surface area contributed by atoms with Gasteiger partial charge in [-0.2, -0.15) is 0 Å². The van der Waals surface area contributed by atoms with Gasteiger partial charge in [0.2, 0.25) is 0 Å². The molecule has 1 aromatic carbocycles. The number of hydrogen-bond acceptors (Lipinski definition) is 3. The molecule has 0 saturated heterocycles. The van der Waals surface area contributed by atoms with Crippen molar-refractivity contribution in [3.8, 4) is 0 Å². The standard InChI is InChI=1S/C16H19F3O3Se/c17-16(18,19)15(20)22-13-10-6-1-2-7-11-14(13)23(21)12-8-4-3-5-9-12/h3-5,8-9,13-14H,1-2,6-7,10-11H2. The second-order valence-electron chi connectivity index (χ2n) is 5.58. The molecule has 0 aliphatic heterocycles. The first kappa shape index (κ1) is 18.1. The Balaban J connectivity index is 2.19. The third-order valence-electron chi connectivity index (χ3n) is 3.88. The number of benzene rings is 1. The predicted molar refractivity (Wildman–Crippen MR) is 79.9 cm³/mol. The molecule has 0 amide bonds. The second-order valence-corrected chi connectivity index (χ2v) is 9.09. The van der Waals surface area contributed by atoms with Crippen molar-refractivity contribution in [3.63, 3.8) is 0 Å². The maximum atomic E-state index is 12.8. The Morgan fingerprint density at radius 1 is 1.04 bits per heavy atom. The molecule has 7 heteroatoms. The molecule has 0 radical (unpaired) electrons. The first-order valence-electron chi connectivity index (χ1n) is 7.63. The summed E-state index contributed by atoms with van der Waals surface area (Å²) in [6, 6.07) is 8.74. The first-order valence-corrected chi connectivity index (χ1v) is 10.2. The number of rotatable bonds is 3. The van der Waals surface area contributed by atoms with Crippen molar-refractivity contribution in [2.75, 3.05) is 0 Å². The van der Waals surface area contributed by atoms with Crippen LogP contribution in [0.5, 0.6) is 0 Å². The summed E-state index contributed by atoms with van der Waals surface area (Å²) in [5.74, 6) is -2.18. The first-order chi connectivity index (χ1) is 10.9. The molecule has 0 heterocycles. The van der Waals surface area contributed by atoms with E-state index in [0.717, 1.165) is 19.3 Å². The average Bonchev–Trinajstić information content (AvgIpc) is 2.49. The van der Waals surface area contributed by atoms with Crippen molar-refractivity contribution in [1.82, 2.24) is 0 Å². The van der Waals surface area contributed by atoms with Gasteiger partial charge in [-0.3, -0.25) is 0 Å². The van der Waals surface area contributed by atoms with Gasteiger partial charge < -0.3 is 0 Å².